The van der Waals surface area contributed by atoms with E-state index in [0.717, 1.165) is 16.5 Å². The molecular weight excluding hydrogens is 350 g/mol. The zero-order valence-electron chi connectivity index (χ0n) is 14.8. The molecule has 0 unspecified atom stereocenters. The van der Waals surface area contributed by atoms with Gasteiger partial charge < -0.3 is 14.8 Å². The molecular formula is C19H21N3O3S. The highest BCUT2D eigenvalue weighted by Gasteiger charge is 2.16. The Bertz CT molecular complexity index is 830. The molecule has 6 nitrogen and oxygen atoms in total. The molecule has 7 heteroatoms. The van der Waals surface area contributed by atoms with E-state index in [1.807, 2.05) is 43.3 Å². The van der Waals surface area contributed by atoms with Crippen molar-refractivity contribution in [2.24, 2.45) is 0 Å². The smallest absolute Gasteiger partial charge is 0.351 e. The summed E-state index contributed by atoms with van der Waals surface area (Å²) in [6.45, 7) is 3.34. The zero-order valence-corrected chi connectivity index (χ0v) is 15.6. The molecule has 0 spiro atoms. The number of nitrogens with zero attached hydrogens (tertiary/aromatic N) is 2. The van der Waals surface area contributed by atoms with Gasteiger partial charge in [0.2, 0.25) is 0 Å². The number of benzene rings is 1. The predicted octanol–water partition coefficient (Wildman–Crippen LogP) is 3.00. The molecule has 0 atom stereocenters. The molecule has 1 N–H and O–H groups in total. The van der Waals surface area contributed by atoms with Gasteiger partial charge in [0.05, 0.1) is 17.2 Å². The van der Waals surface area contributed by atoms with Crippen LogP contribution in [0.3, 0.4) is 0 Å². The Morgan fingerprint density at radius 1 is 1.35 bits per heavy atom. The lowest BCUT2D eigenvalue weighted by Gasteiger charge is -2.12. The van der Waals surface area contributed by atoms with Crippen LogP contribution in [0.1, 0.15) is 12.5 Å². The summed E-state index contributed by atoms with van der Waals surface area (Å²) in [4.78, 5) is 16.4. The van der Waals surface area contributed by atoms with Gasteiger partial charge >= 0.3 is 5.97 Å². The van der Waals surface area contributed by atoms with Crippen molar-refractivity contribution in [1.29, 1.82) is 5.26 Å². The van der Waals surface area contributed by atoms with Gasteiger partial charge in [-0.3, -0.25) is 4.98 Å². The highest BCUT2D eigenvalue weighted by Crippen LogP contribution is 2.18. The summed E-state index contributed by atoms with van der Waals surface area (Å²) in [6, 6.07) is 11.8. The summed E-state index contributed by atoms with van der Waals surface area (Å²) in [5.74, 6) is -0.647. The molecule has 136 valence electrons. The molecule has 0 saturated carbocycles. The van der Waals surface area contributed by atoms with Crippen molar-refractivity contribution in [2.45, 2.75) is 13.5 Å². The SMILES string of the molecule is CCOCCOC(=O)/C(C#N)=C(\NCc1ccc2ncccc2c1)SC. The number of fused-ring (bicyclic) bond motifs is 1. The summed E-state index contributed by atoms with van der Waals surface area (Å²) in [5, 5.41) is 14.0. The third kappa shape index (κ3) is 5.48. The van der Waals surface area contributed by atoms with Gasteiger partial charge in [0, 0.05) is 24.7 Å². The molecule has 0 saturated heterocycles. The molecule has 2 aromatic rings. The van der Waals surface area contributed by atoms with E-state index in [1.165, 1.54) is 11.8 Å². The van der Waals surface area contributed by atoms with Gasteiger partial charge in [0.25, 0.3) is 0 Å². The Labute approximate surface area is 157 Å². The number of carbonyl (C=O) groups is 1. The van der Waals surface area contributed by atoms with Crippen LogP contribution in [0, 0.1) is 11.3 Å². The second-order valence-corrected chi connectivity index (χ2v) is 6.05. The van der Waals surface area contributed by atoms with Crippen molar-refractivity contribution in [2.75, 3.05) is 26.1 Å². The summed E-state index contributed by atoms with van der Waals surface area (Å²) in [7, 11) is 0. The van der Waals surface area contributed by atoms with Gasteiger partial charge in [-0.1, -0.05) is 12.1 Å². The topological polar surface area (TPSA) is 84.2 Å². The van der Waals surface area contributed by atoms with Gasteiger partial charge in [-0.25, -0.2) is 4.79 Å². The van der Waals surface area contributed by atoms with Crippen LogP contribution in [0.25, 0.3) is 10.9 Å². The quantitative estimate of drug-likeness (QED) is 0.314. The third-order valence-electron chi connectivity index (χ3n) is 3.53. The van der Waals surface area contributed by atoms with E-state index in [4.69, 9.17) is 9.47 Å². The maximum absolute atomic E-state index is 12.1. The van der Waals surface area contributed by atoms with Gasteiger partial charge in [-0.2, -0.15) is 5.26 Å². The average Bonchev–Trinajstić information content (AvgIpc) is 2.68. The van der Waals surface area contributed by atoms with E-state index >= 15 is 0 Å². The number of esters is 1. The van der Waals surface area contributed by atoms with E-state index in [-0.39, 0.29) is 12.2 Å². The molecule has 2 rings (SSSR count). The third-order valence-corrected chi connectivity index (χ3v) is 4.29. The number of pyridine rings is 1. The maximum atomic E-state index is 12.1. The van der Waals surface area contributed by atoms with Crippen molar-refractivity contribution < 1.29 is 14.3 Å². The van der Waals surface area contributed by atoms with Crippen LogP contribution in [0.4, 0.5) is 0 Å². The van der Waals surface area contributed by atoms with Crippen LogP contribution in [0.15, 0.2) is 47.1 Å². The summed E-state index contributed by atoms with van der Waals surface area (Å²) >= 11 is 1.30. The van der Waals surface area contributed by atoms with Gasteiger partial charge in [0.15, 0.2) is 5.57 Å². The highest BCUT2D eigenvalue weighted by atomic mass is 32.2. The Morgan fingerprint density at radius 2 is 2.19 bits per heavy atom. The van der Waals surface area contributed by atoms with Crippen LogP contribution >= 0.6 is 11.8 Å². The van der Waals surface area contributed by atoms with E-state index in [0.29, 0.717) is 24.8 Å². The molecule has 0 bridgehead atoms. The van der Waals surface area contributed by atoms with Crippen LogP contribution in [-0.4, -0.2) is 37.0 Å². The summed E-state index contributed by atoms with van der Waals surface area (Å²) in [6.07, 6.45) is 3.56. The number of hydrogen-bond donors (Lipinski definition) is 1. The lowest BCUT2D eigenvalue weighted by Crippen LogP contribution is -2.18. The van der Waals surface area contributed by atoms with E-state index in [1.54, 1.807) is 12.5 Å². The van der Waals surface area contributed by atoms with E-state index < -0.39 is 5.97 Å². The zero-order chi connectivity index (χ0) is 18.8. The highest BCUT2D eigenvalue weighted by molar-refractivity contribution is 8.02. The molecule has 0 fully saturated rings. The van der Waals surface area contributed by atoms with Gasteiger partial charge in [0.1, 0.15) is 12.7 Å². The van der Waals surface area contributed by atoms with Crippen molar-refractivity contribution in [3.8, 4) is 6.07 Å². The number of rotatable bonds is 9. The molecule has 0 aliphatic heterocycles. The number of aromatic nitrogens is 1. The molecule has 1 aromatic heterocycles. The van der Waals surface area contributed by atoms with Crippen LogP contribution < -0.4 is 5.32 Å². The fourth-order valence-electron chi connectivity index (χ4n) is 2.28. The first-order chi connectivity index (χ1) is 12.7. The van der Waals surface area contributed by atoms with E-state index in [2.05, 4.69) is 10.3 Å². The molecule has 0 radical (unpaired) electrons. The molecule has 0 aliphatic rings. The van der Waals surface area contributed by atoms with Gasteiger partial charge in [-0.05, 0) is 36.9 Å². The number of thioether (sulfide) groups is 1. The number of hydrogen-bond acceptors (Lipinski definition) is 7. The molecule has 0 aliphatic carbocycles. The molecule has 1 aromatic carbocycles. The lowest BCUT2D eigenvalue weighted by molar-refractivity contribution is -0.140. The number of carbonyl (C=O) groups excluding carboxylic acids is 1. The normalized spacial score (nSPS) is 11.6. The fourth-order valence-corrected chi connectivity index (χ4v) is 2.83. The van der Waals surface area contributed by atoms with Crippen LogP contribution in [0.2, 0.25) is 0 Å². The van der Waals surface area contributed by atoms with Crippen molar-refractivity contribution in [1.82, 2.24) is 10.3 Å². The van der Waals surface area contributed by atoms with Crippen LogP contribution in [-0.2, 0) is 20.8 Å². The molecule has 0 amide bonds. The summed E-state index contributed by atoms with van der Waals surface area (Å²) in [5.41, 5.74) is 1.92. The minimum absolute atomic E-state index is 0.0311. The first-order valence-corrected chi connectivity index (χ1v) is 9.42. The fraction of sp³-hybridized carbons (Fsp3) is 0.316. The van der Waals surface area contributed by atoms with Crippen molar-refractivity contribution in [3.63, 3.8) is 0 Å². The Balaban J connectivity index is 2.05. The maximum Gasteiger partial charge on any atom is 0.351 e. The second-order valence-electron chi connectivity index (χ2n) is 5.24. The Hall–Kier alpha value is -2.56. The summed E-state index contributed by atoms with van der Waals surface area (Å²) < 4.78 is 10.2. The second kappa shape index (κ2) is 10.4. The average molecular weight is 371 g/mol. The minimum atomic E-state index is -0.647. The predicted molar refractivity (Wildman–Crippen MR) is 102 cm³/mol. The van der Waals surface area contributed by atoms with E-state index in [9.17, 15) is 10.1 Å². The van der Waals surface area contributed by atoms with Crippen molar-refractivity contribution >= 4 is 28.6 Å². The largest absolute Gasteiger partial charge is 0.459 e. The standard InChI is InChI=1S/C19H21N3O3S/c1-3-24-9-10-25-19(23)16(12-20)18(26-2)22-13-14-6-7-17-15(11-14)5-4-8-21-17/h4-8,11,22H,3,9-10,13H2,1-2H3/b18-16+. The molecule has 1 heterocycles. The first-order valence-electron chi connectivity index (χ1n) is 8.20. The number of nitriles is 1. The number of ether oxygens (including phenoxy) is 2. The monoisotopic (exact) mass is 371 g/mol. The van der Waals surface area contributed by atoms with Crippen LogP contribution in [0.5, 0.6) is 0 Å². The number of nitrogens with one attached hydrogen (secondary N) is 1. The Morgan fingerprint density at radius 3 is 2.92 bits per heavy atom. The minimum Gasteiger partial charge on any atom is -0.459 e. The van der Waals surface area contributed by atoms with Gasteiger partial charge in [-0.15, -0.1) is 11.8 Å². The van der Waals surface area contributed by atoms with Crippen molar-refractivity contribution in [3.05, 3.63) is 52.7 Å². The Kier molecular flexibility index (Phi) is 7.93. The lowest BCUT2D eigenvalue weighted by atomic mass is 10.1. The first kappa shape index (κ1) is 19.8. The molecule has 26 heavy (non-hydrogen) atoms.